The van der Waals surface area contributed by atoms with Crippen molar-refractivity contribution in [2.45, 2.75) is 46.6 Å². The predicted octanol–water partition coefficient (Wildman–Crippen LogP) is 3.42. The smallest absolute Gasteiger partial charge is 0.407 e. The first kappa shape index (κ1) is 14.8. The highest BCUT2D eigenvalue weighted by Gasteiger charge is 2.15. The second kappa shape index (κ2) is 7.09. The average Bonchev–Trinajstić information content (AvgIpc) is 2.11. The van der Waals surface area contributed by atoms with Crippen LogP contribution in [0.4, 0.5) is 4.79 Å². The van der Waals surface area contributed by atoms with Gasteiger partial charge in [0, 0.05) is 6.54 Å². The Labute approximate surface area is 98.6 Å². The number of hydrogen-bond donors (Lipinski definition) is 1. The molecule has 0 radical (unpaired) electrons. The van der Waals surface area contributed by atoms with Gasteiger partial charge < -0.3 is 10.1 Å². The summed E-state index contributed by atoms with van der Waals surface area (Å²) in [6, 6.07) is 0. The standard InChI is InChI=1S/C13H23NO2/c1-6-7-8-11(2)9-10-14-12(15)16-13(3,4)5/h6-8H,9-10H2,1-5H3,(H,14,15)/b7-6-,11-8+. The minimum absolute atomic E-state index is 0.355. The van der Waals surface area contributed by atoms with E-state index in [0.717, 1.165) is 6.42 Å². The van der Waals surface area contributed by atoms with Crippen molar-refractivity contribution >= 4 is 6.09 Å². The fourth-order valence-corrected chi connectivity index (χ4v) is 1.02. The molecule has 0 aromatic carbocycles. The lowest BCUT2D eigenvalue weighted by molar-refractivity contribution is 0.0528. The van der Waals surface area contributed by atoms with Crippen molar-refractivity contribution < 1.29 is 9.53 Å². The molecule has 92 valence electrons. The summed E-state index contributed by atoms with van der Waals surface area (Å²) in [7, 11) is 0. The lowest BCUT2D eigenvalue weighted by atomic mass is 10.2. The third-order valence-corrected chi connectivity index (χ3v) is 1.76. The number of alkyl carbamates (subject to hydrolysis) is 1. The normalized spacial score (nSPS) is 12.9. The lowest BCUT2D eigenvalue weighted by Gasteiger charge is -2.19. The molecule has 0 aliphatic rings. The molecule has 0 saturated heterocycles. The number of carbonyl (C=O) groups excluding carboxylic acids is 1. The Hall–Kier alpha value is -1.25. The number of nitrogens with one attached hydrogen (secondary N) is 1. The van der Waals surface area contributed by atoms with Crippen LogP contribution in [0, 0.1) is 0 Å². The van der Waals surface area contributed by atoms with Gasteiger partial charge in [-0.1, -0.05) is 23.8 Å². The van der Waals surface area contributed by atoms with Gasteiger partial charge in [0.15, 0.2) is 0 Å². The van der Waals surface area contributed by atoms with Gasteiger partial charge in [-0.2, -0.15) is 0 Å². The number of hydrogen-bond acceptors (Lipinski definition) is 2. The topological polar surface area (TPSA) is 38.3 Å². The van der Waals surface area contributed by atoms with Gasteiger partial charge in [0.1, 0.15) is 5.60 Å². The van der Waals surface area contributed by atoms with E-state index in [2.05, 4.69) is 5.32 Å². The van der Waals surface area contributed by atoms with E-state index in [-0.39, 0.29) is 6.09 Å². The summed E-state index contributed by atoms with van der Waals surface area (Å²) < 4.78 is 5.12. The van der Waals surface area contributed by atoms with Crippen molar-refractivity contribution in [3.63, 3.8) is 0 Å². The molecule has 0 unspecified atom stereocenters. The molecule has 0 aromatic heterocycles. The second-order valence-corrected chi connectivity index (χ2v) is 4.72. The van der Waals surface area contributed by atoms with Crippen LogP contribution in [0.1, 0.15) is 41.0 Å². The first-order chi connectivity index (χ1) is 7.35. The van der Waals surface area contributed by atoms with Crippen molar-refractivity contribution in [1.29, 1.82) is 0 Å². The van der Waals surface area contributed by atoms with Gasteiger partial charge in [-0.3, -0.25) is 0 Å². The van der Waals surface area contributed by atoms with Crippen LogP contribution < -0.4 is 5.32 Å². The average molecular weight is 225 g/mol. The molecular formula is C13H23NO2. The minimum atomic E-state index is -0.431. The van der Waals surface area contributed by atoms with E-state index in [1.807, 2.05) is 52.8 Å². The molecule has 0 aromatic rings. The van der Waals surface area contributed by atoms with Crippen LogP contribution >= 0.6 is 0 Å². The Morgan fingerprint density at radius 3 is 2.50 bits per heavy atom. The third kappa shape index (κ3) is 9.31. The summed E-state index contributed by atoms with van der Waals surface area (Å²) in [5, 5.41) is 2.72. The molecule has 0 rings (SSSR count). The van der Waals surface area contributed by atoms with Gasteiger partial charge in [0.25, 0.3) is 0 Å². The summed E-state index contributed by atoms with van der Waals surface area (Å²) >= 11 is 0. The number of ether oxygens (including phenoxy) is 1. The van der Waals surface area contributed by atoms with E-state index in [4.69, 9.17) is 4.74 Å². The highest BCUT2D eigenvalue weighted by Crippen LogP contribution is 2.06. The fourth-order valence-electron chi connectivity index (χ4n) is 1.02. The SMILES string of the molecule is C/C=C\C=C(/C)CCNC(=O)OC(C)(C)C. The number of carbonyl (C=O) groups is 1. The zero-order valence-electron chi connectivity index (χ0n) is 11.0. The van der Waals surface area contributed by atoms with Gasteiger partial charge in [0.05, 0.1) is 0 Å². The summed E-state index contributed by atoms with van der Waals surface area (Å²) in [6.45, 7) is 10.2. The van der Waals surface area contributed by atoms with E-state index in [0.29, 0.717) is 6.54 Å². The molecule has 0 aliphatic heterocycles. The lowest BCUT2D eigenvalue weighted by Crippen LogP contribution is -2.33. The third-order valence-electron chi connectivity index (χ3n) is 1.76. The van der Waals surface area contributed by atoms with Crippen molar-refractivity contribution in [3.8, 4) is 0 Å². The quantitative estimate of drug-likeness (QED) is 0.744. The van der Waals surface area contributed by atoms with Crippen LogP contribution in [0.25, 0.3) is 0 Å². The van der Waals surface area contributed by atoms with Crippen LogP contribution in [0.3, 0.4) is 0 Å². The Kier molecular flexibility index (Phi) is 6.54. The van der Waals surface area contributed by atoms with Crippen LogP contribution in [-0.2, 0) is 4.74 Å². The van der Waals surface area contributed by atoms with E-state index in [1.54, 1.807) is 0 Å². The largest absolute Gasteiger partial charge is 0.444 e. The van der Waals surface area contributed by atoms with E-state index < -0.39 is 5.60 Å². The zero-order valence-corrected chi connectivity index (χ0v) is 11.0. The van der Waals surface area contributed by atoms with Gasteiger partial charge >= 0.3 is 6.09 Å². The summed E-state index contributed by atoms with van der Waals surface area (Å²) in [5.74, 6) is 0. The fraction of sp³-hybridized carbons (Fsp3) is 0.615. The van der Waals surface area contributed by atoms with Crippen molar-refractivity contribution in [2.24, 2.45) is 0 Å². The second-order valence-electron chi connectivity index (χ2n) is 4.72. The molecule has 0 atom stereocenters. The highest BCUT2D eigenvalue weighted by atomic mass is 16.6. The van der Waals surface area contributed by atoms with Crippen molar-refractivity contribution in [3.05, 3.63) is 23.8 Å². The summed E-state index contributed by atoms with van der Waals surface area (Å²) in [6.07, 6.45) is 6.49. The summed E-state index contributed by atoms with van der Waals surface area (Å²) in [5.41, 5.74) is 0.800. The van der Waals surface area contributed by atoms with Gasteiger partial charge in [0.2, 0.25) is 0 Å². The maximum absolute atomic E-state index is 11.3. The van der Waals surface area contributed by atoms with Crippen LogP contribution in [0.5, 0.6) is 0 Å². The van der Waals surface area contributed by atoms with Crippen LogP contribution in [-0.4, -0.2) is 18.2 Å². The molecular weight excluding hydrogens is 202 g/mol. The number of amides is 1. The Morgan fingerprint density at radius 1 is 1.38 bits per heavy atom. The Balaban J connectivity index is 3.78. The molecule has 0 spiro atoms. The molecule has 1 N–H and O–H groups in total. The van der Waals surface area contributed by atoms with Crippen LogP contribution in [0.2, 0.25) is 0 Å². The Morgan fingerprint density at radius 2 is 2.00 bits per heavy atom. The molecule has 0 heterocycles. The monoisotopic (exact) mass is 225 g/mol. The van der Waals surface area contributed by atoms with E-state index in [1.165, 1.54) is 5.57 Å². The first-order valence-corrected chi connectivity index (χ1v) is 5.60. The predicted molar refractivity (Wildman–Crippen MR) is 67.4 cm³/mol. The Bertz CT molecular complexity index is 272. The molecule has 16 heavy (non-hydrogen) atoms. The van der Waals surface area contributed by atoms with E-state index >= 15 is 0 Å². The van der Waals surface area contributed by atoms with Gasteiger partial charge in [-0.15, -0.1) is 0 Å². The van der Waals surface area contributed by atoms with Crippen LogP contribution in [0.15, 0.2) is 23.8 Å². The maximum Gasteiger partial charge on any atom is 0.407 e. The maximum atomic E-state index is 11.3. The van der Waals surface area contributed by atoms with Crippen molar-refractivity contribution in [2.75, 3.05) is 6.54 Å². The molecule has 0 saturated carbocycles. The molecule has 0 fully saturated rings. The molecule has 0 bridgehead atoms. The molecule has 1 amide bonds. The molecule has 0 aliphatic carbocycles. The molecule has 3 nitrogen and oxygen atoms in total. The highest BCUT2D eigenvalue weighted by molar-refractivity contribution is 5.67. The van der Waals surface area contributed by atoms with Gasteiger partial charge in [-0.25, -0.2) is 4.79 Å². The molecule has 3 heteroatoms. The zero-order chi connectivity index (χ0) is 12.6. The number of rotatable bonds is 4. The van der Waals surface area contributed by atoms with Crippen molar-refractivity contribution in [1.82, 2.24) is 5.32 Å². The van der Waals surface area contributed by atoms with Gasteiger partial charge in [-0.05, 0) is 41.0 Å². The minimum Gasteiger partial charge on any atom is -0.444 e. The van der Waals surface area contributed by atoms with E-state index in [9.17, 15) is 4.79 Å². The number of allylic oxidation sites excluding steroid dienone is 3. The summed E-state index contributed by atoms with van der Waals surface area (Å²) in [4.78, 5) is 11.3. The first-order valence-electron chi connectivity index (χ1n) is 5.60.